The van der Waals surface area contributed by atoms with Gasteiger partial charge < -0.3 is 25.5 Å². The average Bonchev–Trinajstić information content (AvgIpc) is 2.89. The van der Waals surface area contributed by atoms with Gasteiger partial charge in [0.1, 0.15) is 0 Å². The Morgan fingerprint density at radius 2 is 1.77 bits per heavy atom. The number of hydrogen-bond acceptors (Lipinski definition) is 5. The van der Waals surface area contributed by atoms with Crippen molar-refractivity contribution in [1.82, 2.24) is 0 Å². The lowest BCUT2D eigenvalue weighted by Gasteiger charge is -2.19. The van der Waals surface area contributed by atoms with E-state index in [1.807, 2.05) is 18.2 Å². The molecule has 5 heteroatoms. The molecule has 152 valence electrons. The lowest BCUT2D eigenvalue weighted by Crippen LogP contribution is -2.20. The predicted molar refractivity (Wildman–Crippen MR) is 104 cm³/mol. The van der Waals surface area contributed by atoms with Gasteiger partial charge in [0.25, 0.3) is 0 Å². The normalized spacial score (nSPS) is 29.0. The fourth-order valence-electron chi connectivity index (χ4n) is 3.60. The minimum absolute atomic E-state index is 0.0385. The molecule has 0 aromatic carbocycles. The summed E-state index contributed by atoms with van der Waals surface area (Å²) >= 11 is 0. The molecule has 0 spiro atoms. The molecule has 0 heterocycles. The highest BCUT2D eigenvalue weighted by Gasteiger charge is 2.39. The monoisotopic (exact) mass is 370 g/mol. The lowest BCUT2D eigenvalue weighted by molar-refractivity contribution is 0.0868. The maximum Gasteiger partial charge on any atom is 0.0771 e. The predicted octanol–water partition coefficient (Wildman–Crippen LogP) is 2.31. The zero-order valence-electron chi connectivity index (χ0n) is 16.1. The third kappa shape index (κ3) is 8.78. The second-order valence-corrected chi connectivity index (χ2v) is 7.53. The van der Waals surface area contributed by atoms with Gasteiger partial charge in [-0.1, -0.05) is 50.5 Å². The fourth-order valence-corrected chi connectivity index (χ4v) is 3.60. The summed E-state index contributed by atoms with van der Waals surface area (Å²) in [4.78, 5) is 0. The van der Waals surface area contributed by atoms with Crippen molar-refractivity contribution >= 4 is 0 Å². The fraction of sp³-hybridized carbons (Fsp3) is 0.810. The van der Waals surface area contributed by atoms with Crippen LogP contribution in [0.5, 0.6) is 0 Å². The summed E-state index contributed by atoms with van der Waals surface area (Å²) in [5.41, 5.74) is 0. The Bertz CT molecular complexity index is 409. The van der Waals surface area contributed by atoms with Gasteiger partial charge in [0.05, 0.1) is 31.0 Å². The number of aliphatic hydroxyl groups is 5. The molecule has 5 N–H and O–H groups in total. The van der Waals surface area contributed by atoms with Gasteiger partial charge in [0.15, 0.2) is 0 Å². The Hall–Kier alpha value is -0.720. The standard InChI is InChI=1S/C21H38O5/c1-2-3-6-9-16(23)12-13-19-18(20(25)14-21(19)26)11-8-5-4-7-10-17(24)15-22/h5,8,12-13,16-26H,2-4,6-7,9-11,14-15H2,1H3/t16?,17?,18-,19-,20+,21-/m1/s1. The number of allylic oxidation sites excluding steroid dienone is 2. The number of rotatable bonds is 13. The summed E-state index contributed by atoms with van der Waals surface area (Å²) in [6, 6.07) is 0. The first kappa shape index (κ1) is 23.3. The molecule has 1 aliphatic carbocycles. The first-order chi connectivity index (χ1) is 12.5. The average molecular weight is 371 g/mol. The molecular weight excluding hydrogens is 332 g/mol. The van der Waals surface area contributed by atoms with Crippen LogP contribution in [-0.2, 0) is 0 Å². The van der Waals surface area contributed by atoms with Gasteiger partial charge in [-0.15, -0.1) is 0 Å². The third-order valence-electron chi connectivity index (χ3n) is 5.27. The van der Waals surface area contributed by atoms with Gasteiger partial charge in [-0.05, 0) is 38.0 Å². The van der Waals surface area contributed by atoms with Crippen LogP contribution >= 0.6 is 0 Å². The first-order valence-corrected chi connectivity index (χ1v) is 10.2. The molecule has 1 aliphatic rings. The number of aliphatic hydroxyl groups excluding tert-OH is 5. The van der Waals surface area contributed by atoms with Crippen LogP contribution in [0.2, 0.25) is 0 Å². The van der Waals surface area contributed by atoms with Crippen molar-refractivity contribution < 1.29 is 25.5 Å². The summed E-state index contributed by atoms with van der Waals surface area (Å²) < 4.78 is 0. The molecule has 1 fully saturated rings. The number of unbranched alkanes of at least 4 members (excludes halogenated alkanes) is 3. The van der Waals surface area contributed by atoms with Gasteiger partial charge in [-0.3, -0.25) is 0 Å². The Balaban J connectivity index is 2.43. The second-order valence-electron chi connectivity index (χ2n) is 7.53. The molecule has 1 rings (SSSR count). The molecule has 26 heavy (non-hydrogen) atoms. The van der Waals surface area contributed by atoms with Crippen LogP contribution in [-0.4, -0.2) is 56.6 Å². The third-order valence-corrected chi connectivity index (χ3v) is 5.27. The van der Waals surface area contributed by atoms with Crippen LogP contribution in [0, 0.1) is 11.8 Å². The van der Waals surface area contributed by atoms with E-state index in [0.717, 1.165) is 38.5 Å². The first-order valence-electron chi connectivity index (χ1n) is 10.2. The van der Waals surface area contributed by atoms with E-state index >= 15 is 0 Å². The zero-order valence-corrected chi connectivity index (χ0v) is 16.1. The lowest BCUT2D eigenvalue weighted by atomic mass is 9.89. The molecule has 1 saturated carbocycles. The van der Waals surface area contributed by atoms with E-state index in [-0.39, 0.29) is 18.4 Å². The van der Waals surface area contributed by atoms with Crippen molar-refractivity contribution in [1.29, 1.82) is 0 Å². The Morgan fingerprint density at radius 1 is 1.00 bits per heavy atom. The molecule has 5 nitrogen and oxygen atoms in total. The summed E-state index contributed by atoms with van der Waals surface area (Å²) in [5.74, 6) is -0.171. The van der Waals surface area contributed by atoms with Crippen molar-refractivity contribution in [2.75, 3.05) is 6.61 Å². The van der Waals surface area contributed by atoms with Crippen molar-refractivity contribution in [3.05, 3.63) is 24.3 Å². The summed E-state index contributed by atoms with van der Waals surface area (Å²) in [5, 5.41) is 48.5. The van der Waals surface area contributed by atoms with Gasteiger partial charge in [-0.25, -0.2) is 0 Å². The van der Waals surface area contributed by atoms with E-state index in [1.165, 1.54) is 0 Å². The molecule has 0 aromatic heterocycles. The highest BCUT2D eigenvalue weighted by molar-refractivity contribution is 5.06. The van der Waals surface area contributed by atoms with Crippen molar-refractivity contribution in [2.24, 2.45) is 11.8 Å². The maximum absolute atomic E-state index is 10.2. The molecule has 6 atom stereocenters. The Morgan fingerprint density at radius 3 is 2.46 bits per heavy atom. The maximum atomic E-state index is 10.2. The van der Waals surface area contributed by atoms with E-state index in [1.54, 1.807) is 6.08 Å². The Kier molecular flexibility index (Phi) is 12.1. The molecule has 2 unspecified atom stereocenters. The van der Waals surface area contributed by atoms with E-state index in [0.29, 0.717) is 19.3 Å². The highest BCUT2D eigenvalue weighted by Crippen LogP contribution is 2.36. The van der Waals surface area contributed by atoms with E-state index in [9.17, 15) is 20.4 Å². The van der Waals surface area contributed by atoms with E-state index in [2.05, 4.69) is 6.92 Å². The van der Waals surface area contributed by atoms with Crippen molar-refractivity contribution in [3.63, 3.8) is 0 Å². The minimum Gasteiger partial charge on any atom is -0.394 e. The quantitative estimate of drug-likeness (QED) is 0.253. The molecule has 0 saturated heterocycles. The van der Waals surface area contributed by atoms with Gasteiger partial charge in [-0.2, -0.15) is 0 Å². The molecule has 0 amide bonds. The van der Waals surface area contributed by atoms with Crippen LogP contribution in [0.4, 0.5) is 0 Å². The number of hydrogen-bond donors (Lipinski definition) is 5. The zero-order chi connectivity index (χ0) is 19.4. The van der Waals surface area contributed by atoms with Crippen LogP contribution in [0.15, 0.2) is 24.3 Å². The molecule has 0 aromatic rings. The van der Waals surface area contributed by atoms with E-state index < -0.39 is 24.4 Å². The van der Waals surface area contributed by atoms with Crippen molar-refractivity contribution in [2.45, 2.75) is 89.1 Å². The molecular formula is C21H38O5. The minimum atomic E-state index is -0.645. The van der Waals surface area contributed by atoms with Crippen LogP contribution in [0.1, 0.15) is 64.7 Å². The van der Waals surface area contributed by atoms with Crippen LogP contribution in [0.25, 0.3) is 0 Å². The molecule has 0 radical (unpaired) electrons. The highest BCUT2D eigenvalue weighted by atomic mass is 16.3. The van der Waals surface area contributed by atoms with Gasteiger partial charge in [0.2, 0.25) is 0 Å². The summed E-state index contributed by atoms with van der Waals surface area (Å²) in [7, 11) is 0. The Labute approximate surface area is 158 Å². The molecule has 0 aliphatic heterocycles. The summed E-state index contributed by atoms with van der Waals surface area (Å²) in [6.07, 6.45) is 12.7. The van der Waals surface area contributed by atoms with Gasteiger partial charge >= 0.3 is 0 Å². The van der Waals surface area contributed by atoms with Crippen LogP contribution < -0.4 is 0 Å². The largest absolute Gasteiger partial charge is 0.394 e. The van der Waals surface area contributed by atoms with Crippen LogP contribution in [0.3, 0.4) is 0 Å². The summed E-state index contributed by atoms with van der Waals surface area (Å²) in [6.45, 7) is 1.93. The van der Waals surface area contributed by atoms with E-state index in [4.69, 9.17) is 5.11 Å². The topological polar surface area (TPSA) is 101 Å². The second kappa shape index (κ2) is 13.4. The molecule has 0 bridgehead atoms. The smallest absolute Gasteiger partial charge is 0.0771 e. The SMILES string of the molecule is CCCCCC(O)C=C[C@@H]1[C@@H](CC=CCCCC(O)CO)[C@@H](O)C[C@H]1O. The van der Waals surface area contributed by atoms with Crippen molar-refractivity contribution in [3.8, 4) is 0 Å². The van der Waals surface area contributed by atoms with Gasteiger partial charge in [0, 0.05) is 12.3 Å².